The van der Waals surface area contributed by atoms with E-state index in [1.54, 1.807) is 30.3 Å². The largest absolute Gasteiger partial charge is 0.376 e. The Kier molecular flexibility index (Phi) is 4.71. The van der Waals surface area contributed by atoms with Crippen LogP contribution in [0.25, 0.3) is 0 Å². The molecule has 1 atom stereocenters. The number of nitrogens with zero attached hydrogens (tertiary/aromatic N) is 1. The van der Waals surface area contributed by atoms with Gasteiger partial charge in [0.15, 0.2) is 0 Å². The van der Waals surface area contributed by atoms with Gasteiger partial charge >= 0.3 is 0 Å². The van der Waals surface area contributed by atoms with Crippen LogP contribution in [0.4, 0.5) is 5.69 Å². The highest BCUT2D eigenvalue weighted by Gasteiger charge is 2.14. The molecule has 0 saturated carbocycles. The van der Waals surface area contributed by atoms with Crippen LogP contribution in [0.2, 0.25) is 5.02 Å². The number of benzene rings is 2. The van der Waals surface area contributed by atoms with Crippen LogP contribution in [0.1, 0.15) is 24.1 Å². The summed E-state index contributed by atoms with van der Waals surface area (Å²) in [5.41, 5.74) is 1.65. The molecule has 0 amide bonds. The smallest absolute Gasteiger partial charge is 0.238 e. The van der Waals surface area contributed by atoms with Gasteiger partial charge in [-0.2, -0.15) is 5.26 Å². The summed E-state index contributed by atoms with van der Waals surface area (Å²) in [6.45, 7) is 1.84. The number of anilines is 1. The third-order valence-corrected chi connectivity index (χ3v) is 4.41. The van der Waals surface area contributed by atoms with E-state index in [2.05, 4.69) is 11.4 Å². The summed E-state index contributed by atoms with van der Waals surface area (Å²) in [6, 6.07) is 13.2. The Balaban J connectivity index is 2.35. The predicted molar refractivity (Wildman–Crippen MR) is 86.0 cm³/mol. The second-order valence-corrected chi connectivity index (χ2v) is 6.73. The van der Waals surface area contributed by atoms with Gasteiger partial charge in [-0.05, 0) is 36.8 Å². The van der Waals surface area contributed by atoms with E-state index < -0.39 is 10.0 Å². The summed E-state index contributed by atoms with van der Waals surface area (Å²) in [7, 11) is -3.76. The fourth-order valence-electron chi connectivity index (χ4n) is 2.02. The maximum Gasteiger partial charge on any atom is 0.238 e. The molecule has 0 radical (unpaired) electrons. The highest BCUT2D eigenvalue weighted by molar-refractivity contribution is 7.89. The molecule has 0 saturated heterocycles. The standard InChI is InChI=1S/C15H14ClN3O2S/c1-10(11-4-2-6-13(8-11)22(18,20)21)19-15-12(9-17)5-3-7-14(15)16/h2-8,10,19H,1H3,(H2,18,20,21)/t10-/m0/s1. The molecule has 22 heavy (non-hydrogen) atoms. The molecule has 0 aliphatic carbocycles. The molecule has 2 aromatic rings. The Labute approximate surface area is 134 Å². The zero-order chi connectivity index (χ0) is 16.3. The van der Waals surface area contributed by atoms with Gasteiger partial charge in [0.1, 0.15) is 6.07 Å². The van der Waals surface area contributed by atoms with Crippen LogP contribution in [0.5, 0.6) is 0 Å². The van der Waals surface area contributed by atoms with Crippen molar-refractivity contribution in [1.29, 1.82) is 5.26 Å². The number of hydrogen-bond donors (Lipinski definition) is 2. The van der Waals surface area contributed by atoms with Crippen molar-refractivity contribution in [1.82, 2.24) is 0 Å². The van der Waals surface area contributed by atoms with Crippen molar-refractivity contribution in [2.75, 3.05) is 5.32 Å². The van der Waals surface area contributed by atoms with Crippen LogP contribution in [0.15, 0.2) is 47.4 Å². The highest BCUT2D eigenvalue weighted by atomic mass is 35.5. The van der Waals surface area contributed by atoms with Gasteiger partial charge in [-0.15, -0.1) is 0 Å². The van der Waals surface area contributed by atoms with Crippen molar-refractivity contribution < 1.29 is 8.42 Å². The molecule has 7 heteroatoms. The van der Waals surface area contributed by atoms with Gasteiger partial charge in [0.25, 0.3) is 0 Å². The molecule has 0 aliphatic rings. The van der Waals surface area contributed by atoms with Crippen LogP contribution in [0, 0.1) is 11.3 Å². The van der Waals surface area contributed by atoms with Crippen LogP contribution >= 0.6 is 11.6 Å². The van der Waals surface area contributed by atoms with E-state index in [4.69, 9.17) is 22.0 Å². The minimum absolute atomic E-state index is 0.0401. The van der Waals surface area contributed by atoms with Crippen LogP contribution in [-0.2, 0) is 10.0 Å². The molecule has 2 aromatic carbocycles. The minimum Gasteiger partial charge on any atom is -0.376 e. The van der Waals surface area contributed by atoms with E-state index in [0.29, 0.717) is 16.3 Å². The third kappa shape index (κ3) is 3.57. The Morgan fingerprint density at radius 1 is 1.27 bits per heavy atom. The number of halogens is 1. The van der Waals surface area contributed by atoms with Gasteiger partial charge in [0, 0.05) is 6.04 Å². The number of sulfonamides is 1. The molecule has 0 aromatic heterocycles. The fraction of sp³-hybridized carbons (Fsp3) is 0.133. The van der Waals surface area contributed by atoms with Crippen molar-refractivity contribution in [2.24, 2.45) is 5.14 Å². The molecule has 5 nitrogen and oxygen atoms in total. The van der Waals surface area contributed by atoms with Crippen molar-refractivity contribution in [3.05, 3.63) is 58.6 Å². The fourth-order valence-corrected chi connectivity index (χ4v) is 2.82. The van der Waals surface area contributed by atoms with Crippen molar-refractivity contribution >= 4 is 27.3 Å². The van der Waals surface area contributed by atoms with E-state index >= 15 is 0 Å². The van der Waals surface area contributed by atoms with Crippen LogP contribution in [0.3, 0.4) is 0 Å². The van der Waals surface area contributed by atoms with Crippen LogP contribution in [-0.4, -0.2) is 8.42 Å². The highest BCUT2D eigenvalue weighted by Crippen LogP contribution is 2.29. The van der Waals surface area contributed by atoms with Crippen molar-refractivity contribution in [3.8, 4) is 6.07 Å². The Morgan fingerprint density at radius 3 is 2.59 bits per heavy atom. The average molecular weight is 336 g/mol. The summed E-state index contributed by atoms with van der Waals surface area (Å²) in [6.07, 6.45) is 0. The van der Waals surface area contributed by atoms with E-state index in [-0.39, 0.29) is 10.9 Å². The van der Waals surface area contributed by atoms with Gasteiger partial charge in [-0.25, -0.2) is 13.6 Å². The molecule has 0 spiro atoms. The molecule has 2 rings (SSSR count). The molecule has 0 bridgehead atoms. The zero-order valence-electron chi connectivity index (χ0n) is 11.7. The van der Waals surface area contributed by atoms with E-state index in [9.17, 15) is 8.42 Å². The maximum absolute atomic E-state index is 11.4. The molecular formula is C15H14ClN3O2S. The van der Waals surface area contributed by atoms with E-state index in [0.717, 1.165) is 5.56 Å². The first-order chi connectivity index (χ1) is 10.3. The number of para-hydroxylation sites is 1. The normalized spacial score (nSPS) is 12.5. The van der Waals surface area contributed by atoms with Gasteiger partial charge in [0.05, 0.1) is 21.2 Å². The quantitative estimate of drug-likeness (QED) is 0.897. The van der Waals surface area contributed by atoms with E-state index in [1.165, 1.54) is 12.1 Å². The Morgan fingerprint density at radius 2 is 1.95 bits per heavy atom. The topological polar surface area (TPSA) is 96.0 Å². The summed E-state index contributed by atoms with van der Waals surface area (Å²) in [5, 5.41) is 17.8. The monoisotopic (exact) mass is 335 g/mol. The van der Waals surface area contributed by atoms with E-state index in [1.807, 2.05) is 6.92 Å². The first-order valence-corrected chi connectivity index (χ1v) is 8.33. The molecule has 3 N–H and O–H groups in total. The zero-order valence-corrected chi connectivity index (χ0v) is 13.3. The number of primary sulfonamides is 1. The van der Waals surface area contributed by atoms with Gasteiger partial charge in [0.2, 0.25) is 10.0 Å². The lowest BCUT2D eigenvalue weighted by atomic mass is 10.1. The summed E-state index contributed by atoms with van der Waals surface area (Å²) < 4.78 is 22.8. The Hall–Kier alpha value is -2.07. The summed E-state index contributed by atoms with van der Waals surface area (Å²) in [5.74, 6) is 0. The second-order valence-electron chi connectivity index (χ2n) is 4.76. The van der Waals surface area contributed by atoms with Gasteiger partial charge in [-0.3, -0.25) is 0 Å². The number of nitriles is 1. The molecule has 0 aliphatic heterocycles. The predicted octanol–water partition coefficient (Wildman–Crippen LogP) is 3.03. The molecule has 0 fully saturated rings. The number of rotatable bonds is 4. The first-order valence-electron chi connectivity index (χ1n) is 6.41. The lowest BCUT2D eigenvalue weighted by Crippen LogP contribution is -2.14. The number of nitrogens with two attached hydrogens (primary N) is 1. The van der Waals surface area contributed by atoms with Crippen molar-refractivity contribution in [3.63, 3.8) is 0 Å². The SMILES string of the molecule is C[C@H](Nc1c(Cl)cccc1C#N)c1cccc(S(N)(=O)=O)c1. The first kappa shape index (κ1) is 16.3. The summed E-state index contributed by atoms with van der Waals surface area (Å²) >= 11 is 6.11. The van der Waals surface area contributed by atoms with Gasteiger partial charge < -0.3 is 5.32 Å². The number of hydrogen-bond acceptors (Lipinski definition) is 4. The minimum atomic E-state index is -3.76. The Bertz CT molecular complexity index is 844. The van der Waals surface area contributed by atoms with Crippen LogP contribution < -0.4 is 10.5 Å². The average Bonchev–Trinajstić information content (AvgIpc) is 2.48. The lowest BCUT2D eigenvalue weighted by Gasteiger charge is -2.18. The lowest BCUT2D eigenvalue weighted by molar-refractivity contribution is 0.597. The van der Waals surface area contributed by atoms with Gasteiger partial charge in [-0.1, -0.05) is 29.8 Å². The molecule has 0 unspecified atom stereocenters. The second kappa shape index (κ2) is 6.36. The van der Waals surface area contributed by atoms with Crippen molar-refractivity contribution in [2.45, 2.75) is 17.9 Å². The maximum atomic E-state index is 11.4. The molecular weight excluding hydrogens is 322 g/mol. The third-order valence-electron chi connectivity index (χ3n) is 3.18. The summed E-state index contributed by atoms with van der Waals surface area (Å²) in [4.78, 5) is 0.0401. The molecule has 0 heterocycles. The molecule has 114 valence electrons. The number of nitrogens with one attached hydrogen (secondary N) is 1.